The van der Waals surface area contributed by atoms with E-state index in [4.69, 9.17) is 9.29 Å². The number of nitrogens with zero attached hydrogens (tertiary/aromatic N) is 1. The fraction of sp³-hybridized carbons (Fsp3) is 0.125. The Hall–Kier alpha value is -1.40. The fourth-order valence-electron chi connectivity index (χ4n) is 0.817. The minimum absolute atomic E-state index is 0.559. The SMILES string of the molecule is COc1ccc(/C=N/S(=O)(=O)O)cc1. The van der Waals surface area contributed by atoms with Crippen LogP contribution in [0.4, 0.5) is 0 Å². The molecule has 5 nitrogen and oxygen atoms in total. The molecule has 76 valence electrons. The predicted octanol–water partition coefficient (Wildman–Crippen LogP) is 0.917. The average molecular weight is 215 g/mol. The van der Waals surface area contributed by atoms with Crippen LogP contribution in [0.2, 0.25) is 0 Å². The molecule has 1 N–H and O–H groups in total. The Balaban J connectivity index is 2.84. The van der Waals surface area contributed by atoms with Crippen LogP contribution in [0.15, 0.2) is 28.7 Å². The minimum Gasteiger partial charge on any atom is -0.497 e. The first-order valence-electron chi connectivity index (χ1n) is 3.68. The van der Waals surface area contributed by atoms with Crippen LogP contribution in [0.5, 0.6) is 5.75 Å². The maximum Gasteiger partial charge on any atom is 0.378 e. The Labute approximate surface area is 81.9 Å². The lowest BCUT2D eigenvalue weighted by Crippen LogP contribution is -1.92. The van der Waals surface area contributed by atoms with Crippen LogP contribution in [0, 0.1) is 0 Å². The van der Waals surface area contributed by atoms with Crippen molar-refractivity contribution in [2.75, 3.05) is 7.11 Å². The molecule has 0 saturated heterocycles. The molecule has 14 heavy (non-hydrogen) atoms. The van der Waals surface area contributed by atoms with Gasteiger partial charge in [0.25, 0.3) is 0 Å². The molecule has 0 aliphatic rings. The standard InChI is InChI=1S/C8H9NO4S/c1-13-8-4-2-7(3-5-8)6-9-14(10,11)12/h2-6H,1H3,(H,10,11,12)/b9-6+. The maximum absolute atomic E-state index is 10.3. The van der Waals surface area contributed by atoms with Crippen LogP contribution in [-0.2, 0) is 10.3 Å². The van der Waals surface area contributed by atoms with Crippen molar-refractivity contribution < 1.29 is 17.7 Å². The van der Waals surface area contributed by atoms with Gasteiger partial charge in [-0.3, -0.25) is 4.55 Å². The van der Waals surface area contributed by atoms with E-state index in [-0.39, 0.29) is 0 Å². The Morgan fingerprint density at radius 1 is 1.36 bits per heavy atom. The molecule has 0 radical (unpaired) electrons. The van der Waals surface area contributed by atoms with Crippen LogP contribution in [0.25, 0.3) is 0 Å². The van der Waals surface area contributed by atoms with Crippen LogP contribution in [0.1, 0.15) is 5.56 Å². The van der Waals surface area contributed by atoms with Gasteiger partial charge in [-0.1, -0.05) is 0 Å². The third-order valence-corrected chi connectivity index (χ3v) is 1.82. The summed E-state index contributed by atoms with van der Waals surface area (Å²) in [5, 5.41) is 0. The molecular weight excluding hydrogens is 206 g/mol. The first-order chi connectivity index (χ1) is 6.51. The van der Waals surface area contributed by atoms with Crippen molar-refractivity contribution in [2.45, 2.75) is 0 Å². The lowest BCUT2D eigenvalue weighted by Gasteiger charge is -1.97. The van der Waals surface area contributed by atoms with Gasteiger partial charge in [0.1, 0.15) is 5.75 Å². The van der Waals surface area contributed by atoms with Gasteiger partial charge in [-0.2, -0.15) is 8.42 Å². The summed E-state index contributed by atoms with van der Waals surface area (Å²) in [5.74, 6) is 0.661. The number of benzene rings is 1. The summed E-state index contributed by atoms with van der Waals surface area (Å²) in [5.41, 5.74) is 0.559. The molecule has 0 atom stereocenters. The molecule has 0 spiro atoms. The third-order valence-electron chi connectivity index (χ3n) is 1.45. The molecule has 0 aromatic heterocycles. The largest absolute Gasteiger partial charge is 0.497 e. The zero-order chi connectivity index (χ0) is 10.6. The van der Waals surface area contributed by atoms with Crippen LogP contribution < -0.4 is 4.74 Å². The summed E-state index contributed by atoms with van der Waals surface area (Å²) in [6, 6.07) is 6.55. The normalized spacial score (nSPS) is 11.9. The van der Waals surface area contributed by atoms with Crippen LogP contribution in [-0.4, -0.2) is 26.3 Å². The van der Waals surface area contributed by atoms with E-state index >= 15 is 0 Å². The molecule has 0 amide bonds. The number of hydrogen-bond acceptors (Lipinski definition) is 3. The summed E-state index contributed by atoms with van der Waals surface area (Å²) in [4.78, 5) is 0. The second-order valence-corrected chi connectivity index (χ2v) is 3.56. The summed E-state index contributed by atoms with van der Waals surface area (Å²) < 4.78 is 36.7. The van der Waals surface area contributed by atoms with Gasteiger partial charge in [-0.05, 0) is 29.8 Å². The van der Waals surface area contributed by atoms with Gasteiger partial charge in [0.2, 0.25) is 0 Å². The molecule has 0 fully saturated rings. The molecule has 0 unspecified atom stereocenters. The smallest absolute Gasteiger partial charge is 0.378 e. The Bertz CT molecular complexity index is 421. The molecule has 6 heteroatoms. The lowest BCUT2D eigenvalue weighted by molar-refractivity contribution is 0.415. The fourth-order valence-corrected chi connectivity index (χ4v) is 1.07. The minimum atomic E-state index is -4.30. The zero-order valence-corrected chi connectivity index (χ0v) is 8.23. The molecule has 0 saturated carbocycles. The highest BCUT2D eigenvalue weighted by Crippen LogP contribution is 2.09. The number of methoxy groups -OCH3 is 1. The van der Waals surface area contributed by atoms with E-state index < -0.39 is 10.3 Å². The zero-order valence-electron chi connectivity index (χ0n) is 7.41. The van der Waals surface area contributed by atoms with Crippen molar-refractivity contribution in [1.82, 2.24) is 0 Å². The van der Waals surface area contributed by atoms with E-state index in [0.29, 0.717) is 11.3 Å². The van der Waals surface area contributed by atoms with Crippen molar-refractivity contribution in [2.24, 2.45) is 4.40 Å². The molecule has 0 aliphatic carbocycles. The third kappa shape index (κ3) is 3.55. The van der Waals surface area contributed by atoms with Gasteiger partial charge in [0, 0.05) is 6.21 Å². The van der Waals surface area contributed by atoms with Gasteiger partial charge in [-0.25, -0.2) is 0 Å². The molecule has 1 aromatic rings. The molecular formula is C8H9NO4S. The topological polar surface area (TPSA) is 76.0 Å². The first-order valence-corrected chi connectivity index (χ1v) is 5.08. The van der Waals surface area contributed by atoms with E-state index in [1.165, 1.54) is 7.11 Å². The highest BCUT2D eigenvalue weighted by Gasteiger charge is 1.96. The van der Waals surface area contributed by atoms with Crippen LogP contribution in [0.3, 0.4) is 0 Å². The summed E-state index contributed by atoms with van der Waals surface area (Å²) in [6.45, 7) is 0. The Morgan fingerprint density at radius 3 is 2.36 bits per heavy atom. The molecule has 1 rings (SSSR count). The van der Waals surface area contributed by atoms with E-state index in [2.05, 4.69) is 4.40 Å². The predicted molar refractivity (Wildman–Crippen MR) is 52.1 cm³/mol. The van der Waals surface area contributed by atoms with Gasteiger partial charge in [0.15, 0.2) is 0 Å². The molecule has 0 heterocycles. The quantitative estimate of drug-likeness (QED) is 0.600. The molecule has 0 aliphatic heterocycles. The molecule has 0 bridgehead atoms. The van der Waals surface area contributed by atoms with Crippen LogP contribution >= 0.6 is 0 Å². The second kappa shape index (κ2) is 4.21. The van der Waals surface area contributed by atoms with E-state index in [1.54, 1.807) is 24.3 Å². The second-order valence-electron chi connectivity index (χ2n) is 2.46. The first kappa shape index (κ1) is 10.7. The van der Waals surface area contributed by atoms with Gasteiger partial charge >= 0.3 is 10.3 Å². The summed E-state index contributed by atoms with van der Waals surface area (Å²) >= 11 is 0. The summed E-state index contributed by atoms with van der Waals surface area (Å²) in [6.07, 6.45) is 1.05. The van der Waals surface area contributed by atoms with Crippen molar-refractivity contribution in [3.05, 3.63) is 29.8 Å². The van der Waals surface area contributed by atoms with Crippen molar-refractivity contribution in [3.8, 4) is 5.75 Å². The highest BCUT2D eigenvalue weighted by molar-refractivity contribution is 7.84. The Kier molecular flexibility index (Phi) is 3.21. The lowest BCUT2D eigenvalue weighted by atomic mass is 10.2. The van der Waals surface area contributed by atoms with Crippen molar-refractivity contribution >= 4 is 16.5 Å². The van der Waals surface area contributed by atoms with E-state index in [9.17, 15) is 8.42 Å². The Morgan fingerprint density at radius 2 is 1.93 bits per heavy atom. The monoisotopic (exact) mass is 215 g/mol. The van der Waals surface area contributed by atoms with Gasteiger partial charge in [0.05, 0.1) is 7.11 Å². The maximum atomic E-state index is 10.3. The van der Waals surface area contributed by atoms with Crippen molar-refractivity contribution in [3.63, 3.8) is 0 Å². The van der Waals surface area contributed by atoms with Crippen molar-refractivity contribution in [1.29, 1.82) is 0 Å². The van der Waals surface area contributed by atoms with E-state index in [0.717, 1.165) is 6.21 Å². The number of hydrogen-bond donors (Lipinski definition) is 1. The van der Waals surface area contributed by atoms with Gasteiger partial charge in [-0.15, -0.1) is 4.40 Å². The number of rotatable bonds is 3. The average Bonchev–Trinajstić information content (AvgIpc) is 2.14. The highest BCUT2D eigenvalue weighted by atomic mass is 32.2. The summed E-state index contributed by atoms with van der Waals surface area (Å²) in [7, 11) is -2.77. The van der Waals surface area contributed by atoms with E-state index in [1.807, 2.05) is 0 Å². The van der Waals surface area contributed by atoms with Gasteiger partial charge < -0.3 is 4.74 Å². The molecule has 1 aromatic carbocycles. The number of ether oxygens (including phenoxy) is 1.